The zero-order valence-electron chi connectivity index (χ0n) is 9.24. The van der Waals surface area contributed by atoms with Gasteiger partial charge in [-0.25, -0.2) is 0 Å². The van der Waals surface area contributed by atoms with Crippen LogP contribution in [0.15, 0.2) is 30.5 Å². The monoisotopic (exact) mass is 202 g/mol. The third kappa shape index (κ3) is 3.17. The Kier molecular flexibility index (Phi) is 3.51. The number of hydrogen-bond acceptors (Lipinski definition) is 2. The zero-order valence-corrected chi connectivity index (χ0v) is 9.24. The van der Waals surface area contributed by atoms with Crippen LogP contribution >= 0.6 is 0 Å². The van der Waals surface area contributed by atoms with Gasteiger partial charge in [0, 0.05) is 18.8 Å². The van der Waals surface area contributed by atoms with E-state index in [9.17, 15) is 0 Å². The molecule has 0 bridgehead atoms. The molecule has 0 saturated heterocycles. The first-order valence-electron chi connectivity index (χ1n) is 5.66. The van der Waals surface area contributed by atoms with E-state index in [-0.39, 0.29) is 0 Å². The summed E-state index contributed by atoms with van der Waals surface area (Å²) >= 11 is 0. The Labute approximate surface area is 91.4 Å². The van der Waals surface area contributed by atoms with Gasteiger partial charge >= 0.3 is 0 Å². The van der Waals surface area contributed by atoms with E-state index in [1.165, 1.54) is 24.8 Å². The second kappa shape index (κ2) is 5.08. The highest BCUT2D eigenvalue weighted by Crippen LogP contribution is 2.10. The summed E-state index contributed by atoms with van der Waals surface area (Å²) in [5, 5.41) is 3.51. The molecule has 1 heterocycles. The molecule has 0 aromatic carbocycles. The summed E-state index contributed by atoms with van der Waals surface area (Å²) in [4.78, 5) is 4.38. The van der Waals surface area contributed by atoms with Gasteiger partial charge in [-0.15, -0.1) is 0 Å². The number of aryl methyl sites for hydroxylation is 1. The van der Waals surface area contributed by atoms with Crippen LogP contribution in [-0.2, 0) is 6.54 Å². The average molecular weight is 202 g/mol. The summed E-state index contributed by atoms with van der Waals surface area (Å²) in [6, 6.07) is 4.75. The molecule has 1 atom stereocenters. The van der Waals surface area contributed by atoms with Gasteiger partial charge in [0.05, 0.1) is 5.69 Å². The van der Waals surface area contributed by atoms with Crippen LogP contribution in [-0.4, -0.2) is 11.0 Å². The van der Waals surface area contributed by atoms with E-state index in [0.717, 1.165) is 12.2 Å². The number of hydrogen-bond donors (Lipinski definition) is 1. The third-order valence-electron chi connectivity index (χ3n) is 2.77. The fraction of sp³-hybridized carbons (Fsp3) is 0.462. The predicted octanol–water partition coefficient (Wildman–Crippen LogP) is 2.59. The van der Waals surface area contributed by atoms with Gasteiger partial charge in [0.1, 0.15) is 0 Å². The molecule has 0 aliphatic heterocycles. The van der Waals surface area contributed by atoms with Crippen LogP contribution in [0.5, 0.6) is 0 Å². The number of aromatic nitrogens is 1. The number of allylic oxidation sites excluding steroid dienone is 1. The van der Waals surface area contributed by atoms with Crippen LogP contribution in [0.4, 0.5) is 0 Å². The van der Waals surface area contributed by atoms with Gasteiger partial charge in [-0.05, 0) is 37.8 Å². The first kappa shape index (κ1) is 10.4. The fourth-order valence-electron chi connectivity index (χ4n) is 1.82. The highest BCUT2D eigenvalue weighted by molar-refractivity contribution is 5.12. The smallest absolute Gasteiger partial charge is 0.0542 e. The topological polar surface area (TPSA) is 24.9 Å². The van der Waals surface area contributed by atoms with Crippen LogP contribution in [0.2, 0.25) is 0 Å². The predicted molar refractivity (Wildman–Crippen MR) is 62.6 cm³/mol. The molecule has 1 unspecified atom stereocenters. The molecular weight excluding hydrogens is 184 g/mol. The molecule has 80 valence electrons. The highest BCUT2D eigenvalue weighted by atomic mass is 14.9. The molecule has 2 nitrogen and oxygen atoms in total. The SMILES string of the molecule is Cc1ccc(CNC2C=CCCC2)nc1. The Morgan fingerprint density at radius 3 is 3.07 bits per heavy atom. The molecule has 1 aromatic rings. The van der Waals surface area contributed by atoms with Gasteiger partial charge in [-0.1, -0.05) is 18.2 Å². The van der Waals surface area contributed by atoms with E-state index in [2.05, 4.69) is 41.5 Å². The fourth-order valence-corrected chi connectivity index (χ4v) is 1.82. The van der Waals surface area contributed by atoms with E-state index >= 15 is 0 Å². The van der Waals surface area contributed by atoms with E-state index < -0.39 is 0 Å². The number of pyridine rings is 1. The van der Waals surface area contributed by atoms with Crippen LogP contribution in [0.3, 0.4) is 0 Å². The second-order valence-electron chi connectivity index (χ2n) is 4.17. The van der Waals surface area contributed by atoms with E-state index in [0.29, 0.717) is 6.04 Å². The first-order valence-corrected chi connectivity index (χ1v) is 5.66. The maximum absolute atomic E-state index is 4.38. The summed E-state index contributed by atoms with van der Waals surface area (Å²) in [7, 11) is 0. The third-order valence-corrected chi connectivity index (χ3v) is 2.77. The number of nitrogens with zero attached hydrogens (tertiary/aromatic N) is 1. The molecule has 0 radical (unpaired) electrons. The summed E-state index contributed by atoms with van der Waals surface area (Å²) in [5.74, 6) is 0. The Morgan fingerprint density at radius 1 is 1.47 bits per heavy atom. The standard InChI is InChI=1S/C13H18N2/c1-11-7-8-13(14-9-11)10-15-12-5-3-2-4-6-12/h3,5,7-9,12,15H,2,4,6,10H2,1H3. The molecule has 1 aliphatic rings. The number of nitrogens with one attached hydrogen (secondary N) is 1. The van der Waals surface area contributed by atoms with Crippen molar-refractivity contribution in [3.63, 3.8) is 0 Å². The molecule has 0 amide bonds. The first-order chi connectivity index (χ1) is 7.34. The lowest BCUT2D eigenvalue weighted by molar-refractivity contribution is 0.518. The van der Waals surface area contributed by atoms with Gasteiger partial charge in [0.2, 0.25) is 0 Å². The Bertz CT molecular complexity index is 327. The minimum atomic E-state index is 0.543. The van der Waals surface area contributed by atoms with Gasteiger partial charge in [0.15, 0.2) is 0 Å². The molecule has 0 saturated carbocycles. The minimum Gasteiger partial charge on any atom is -0.305 e. The van der Waals surface area contributed by atoms with Crippen molar-refractivity contribution in [3.05, 3.63) is 41.7 Å². The van der Waals surface area contributed by atoms with Crippen molar-refractivity contribution in [2.24, 2.45) is 0 Å². The highest BCUT2D eigenvalue weighted by Gasteiger charge is 2.07. The average Bonchev–Trinajstić information content (AvgIpc) is 2.30. The van der Waals surface area contributed by atoms with Crippen LogP contribution in [0.25, 0.3) is 0 Å². The van der Waals surface area contributed by atoms with Crippen molar-refractivity contribution < 1.29 is 0 Å². The summed E-state index contributed by atoms with van der Waals surface area (Å²) in [6.45, 7) is 2.93. The lowest BCUT2D eigenvalue weighted by atomic mass is 10.0. The maximum atomic E-state index is 4.38. The molecule has 1 N–H and O–H groups in total. The van der Waals surface area contributed by atoms with E-state index in [4.69, 9.17) is 0 Å². The number of rotatable bonds is 3. The molecule has 2 heteroatoms. The Morgan fingerprint density at radius 2 is 2.40 bits per heavy atom. The minimum absolute atomic E-state index is 0.543. The Balaban J connectivity index is 1.84. The van der Waals surface area contributed by atoms with Gasteiger partial charge in [-0.3, -0.25) is 4.98 Å². The summed E-state index contributed by atoms with van der Waals surface area (Å²) in [5.41, 5.74) is 2.34. The molecule has 0 fully saturated rings. The maximum Gasteiger partial charge on any atom is 0.0542 e. The normalized spacial score (nSPS) is 20.5. The van der Waals surface area contributed by atoms with E-state index in [1.54, 1.807) is 0 Å². The second-order valence-corrected chi connectivity index (χ2v) is 4.17. The Hall–Kier alpha value is -1.15. The molecule has 2 rings (SSSR count). The van der Waals surface area contributed by atoms with Gasteiger partial charge < -0.3 is 5.32 Å². The van der Waals surface area contributed by atoms with Crippen LogP contribution in [0, 0.1) is 6.92 Å². The van der Waals surface area contributed by atoms with Crippen molar-refractivity contribution >= 4 is 0 Å². The van der Waals surface area contributed by atoms with Crippen LogP contribution in [0.1, 0.15) is 30.5 Å². The van der Waals surface area contributed by atoms with Crippen LogP contribution < -0.4 is 5.32 Å². The van der Waals surface area contributed by atoms with Crippen molar-refractivity contribution in [2.75, 3.05) is 0 Å². The van der Waals surface area contributed by atoms with Crippen molar-refractivity contribution in [2.45, 2.75) is 38.8 Å². The lowest BCUT2D eigenvalue weighted by Gasteiger charge is -2.17. The largest absolute Gasteiger partial charge is 0.305 e. The summed E-state index contributed by atoms with van der Waals surface area (Å²) in [6.07, 6.45) is 10.3. The van der Waals surface area contributed by atoms with Crippen molar-refractivity contribution in [1.29, 1.82) is 0 Å². The van der Waals surface area contributed by atoms with Gasteiger partial charge in [-0.2, -0.15) is 0 Å². The molecule has 1 aliphatic carbocycles. The molecule has 15 heavy (non-hydrogen) atoms. The lowest BCUT2D eigenvalue weighted by Crippen LogP contribution is -2.28. The molecule has 0 spiro atoms. The van der Waals surface area contributed by atoms with Crippen molar-refractivity contribution in [1.82, 2.24) is 10.3 Å². The molecule has 1 aromatic heterocycles. The molecular formula is C13H18N2. The quantitative estimate of drug-likeness (QED) is 0.762. The van der Waals surface area contributed by atoms with Crippen molar-refractivity contribution in [3.8, 4) is 0 Å². The zero-order chi connectivity index (χ0) is 10.5. The van der Waals surface area contributed by atoms with Gasteiger partial charge in [0.25, 0.3) is 0 Å². The van der Waals surface area contributed by atoms with E-state index in [1.807, 2.05) is 6.20 Å². The summed E-state index contributed by atoms with van der Waals surface area (Å²) < 4.78 is 0.